The first-order valence-corrected chi connectivity index (χ1v) is 6.62. The summed E-state index contributed by atoms with van der Waals surface area (Å²) in [5.74, 6) is -0.517. The van der Waals surface area contributed by atoms with Crippen molar-refractivity contribution in [3.8, 4) is 0 Å². The van der Waals surface area contributed by atoms with E-state index in [1.165, 1.54) is 6.92 Å². The van der Waals surface area contributed by atoms with Crippen LogP contribution in [0, 0.1) is 0 Å². The number of carbonyl (C=O) groups is 2. The Morgan fingerprint density at radius 3 is 2.32 bits per heavy atom. The van der Waals surface area contributed by atoms with Crippen molar-refractivity contribution in [1.82, 2.24) is 0 Å². The number of anilines is 1. The average molecular weight is 263 g/mol. The molecular weight excluding hydrogens is 242 g/mol. The molecule has 1 aromatic rings. The topological polar surface area (TPSA) is 55.4 Å². The Labute approximate surface area is 114 Å². The maximum Gasteiger partial charge on any atom is 0.313 e. The van der Waals surface area contributed by atoms with Gasteiger partial charge in [-0.05, 0) is 31.0 Å². The fourth-order valence-corrected chi connectivity index (χ4v) is 1.95. The van der Waals surface area contributed by atoms with E-state index >= 15 is 0 Å². The molecular formula is C15H21NO3. The predicted octanol–water partition coefficient (Wildman–Crippen LogP) is 3.09. The van der Waals surface area contributed by atoms with Crippen molar-refractivity contribution in [1.29, 1.82) is 0 Å². The number of carbonyl (C=O) groups excluding carboxylic acids is 2. The van der Waals surface area contributed by atoms with Crippen LogP contribution in [0.2, 0.25) is 0 Å². The van der Waals surface area contributed by atoms with Gasteiger partial charge in [0.25, 0.3) is 0 Å². The minimum atomic E-state index is -0.226. The standard InChI is InChI=1S/C15H21NO3/c1-4-6-14(15(18)19-5-2)12-7-9-13(10-8-12)16-11(3)17/h7-10,14H,4-6H2,1-3H3,(H,16,17). The van der Waals surface area contributed by atoms with Crippen molar-refractivity contribution < 1.29 is 14.3 Å². The molecule has 1 rings (SSSR count). The number of esters is 1. The number of rotatable bonds is 6. The summed E-state index contributed by atoms with van der Waals surface area (Å²) >= 11 is 0. The lowest BCUT2D eigenvalue weighted by Gasteiger charge is -2.15. The molecule has 0 aliphatic rings. The van der Waals surface area contributed by atoms with Gasteiger partial charge in [-0.25, -0.2) is 0 Å². The van der Waals surface area contributed by atoms with E-state index in [1.807, 2.05) is 19.1 Å². The summed E-state index contributed by atoms with van der Waals surface area (Å²) in [7, 11) is 0. The van der Waals surface area contributed by atoms with Gasteiger partial charge in [0.1, 0.15) is 0 Å². The van der Waals surface area contributed by atoms with Gasteiger partial charge in [-0.3, -0.25) is 9.59 Å². The molecule has 0 heterocycles. The fourth-order valence-electron chi connectivity index (χ4n) is 1.95. The van der Waals surface area contributed by atoms with Gasteiger partial charge >= 0.3 is 5.97 Å². The van der Waals surface area contributed by atoms with Crippen molar-refractivity contribution in [3.63, 3.8) is 0 Å². The monoisotopic (exact) mass is 263 g/mol. The van der Waals surface area contributed by atoms with Crippen LogP contribution in [0.4, 0.5) is 5.69 Å². The molecule has 1 amide bonds. The van der Waals surface area contributed by atoms with E-state index < -0.39 is 0 Å². The van der Waals surface area contributed by atoms with Gasteiger partial charge in [0, 0.05) is 12.6 Å². The summed E-state index contributed by atoms with van der Waals surface area (Å²) in [6, 6.07) is 7.34. The molecule has 0 spiro atoms. The fraction of sp³-hybridized carbons (Fsp3) is 0.467. The molecule has 0 aliphatic heterocycles. The molecule has 1 aromatic carbocycles. The normalized spacial score (nSPS) is 11.7. The minimum absolute atomic E-state index is 0.108. The van der Waals surface area contributed by atoms with Crippen LogP contribution in [0.1, 0.15) is 45.1 Å². The van der Waals surface area contributed by atoms with Gasteiger partial charge in [0.2, 0.25) is 5.91 Å². The highest BCUT2D eigenvalue weighted by atomic mass is 16.5. The quantitative estimate of drug-likeness (QED) is 0.802. The van der Waals surface area contributed by atoms with Crippen LogP contribution >= 0.6 is 0 Å². The molecule has 0 saturated carbocycles. The smallest absolute Gasteiger partial charge is 0.313 e. The van der Waals surface area contributed by atoms with Gasteiger partial charge in [-0.1, -0.05) is 25.5 Å². The van der Waals surface area contributed by atoms with Gasteiger partial charge in [-0.2, -0.15) is 0 Å². The lowest BCUT2D eigenvalue weighted by molar-refractivity contribution is -0.145. The van der Waals surface area contributed by atoms with Crippen LogP contribution < -0.4 is 5.32 Å². The lowest BCUT2D eigenvalue weighted by Crippen LogP contribution is -2.16. The van der Waals surface area contributed by atoms with Gasteiger partial charge in [-0.15, -0.1) is 0 Å². The second kappa shape index (κ2) is 7.56. The summed E-state index contributed by atoms with van der Waals surface area (Å²) < 4.78 is 5.10. The summed E-state index contributed by atoms with van der Waals surface area (Å²) in [6.07, 6.45) is 1.68. The van der Waals surface area contributed by atoms with E-state index in [-0.39, 0.29) is 17.8 Å². The van der Waals surface area contributed by atoms with E-state index in [0.29, 0.717) is 6.61 Å². The Balaban J connectivity index is 2.84. The molecule has 0 aliphatic carbocycles. The third kappa shape index (κ3) is 4.73. The van der Waals surface area contributed by atoms with E-state index in [0.717, 1.165) is 24.1 Å². The van der Waals surface area contributed by atoms with E-state index in [1.54, 1.807) is 19.1 Å². The van der Waals surface area contributed by atoms with Crippen LogP contribution in [0.25, 0.3) is 0 Å². The second-order valence-electron chi connectivity index (χ2n) is 4.40. The first-order chi connectivity index (χ1) is 9.08. The summed E-state index contributed by atoms with van der Waals surface area (Å²) in [6.45, 7) is 5.70. The first-order valence-electron chi connectivity index (χ1n) is 6.62. The Morgan fingerprint density at radius 1 is 1.21 bits per heavy atom. The number of nitrogens with one attached hydrogen (secondary N) is 1. The Hall–Kier alpha value is -1.84. The van der Waals surface area contributed by atoms with E-state index in [9.17, 15) is 9.59 Å². The number of hydrogen-bond donors (Lipinski definition) is 1. The highest BCUT2D eigenvalue weighted by molar-refractivity contribution is 5.88. The third-order valence-electron chi connectivity index (χ3n) is 2.78. The zero-order chi connectivity index (χ0) is 14.3. The van der Waals surface area contributed by atoms with Crippen molar-refractivity contribution in [2.45, 2.75) is 39.5 Å². The molecule has 1 unspecified atom stereocenters. The Kier molecular flexibility index (Phi) is 6.06. The first kappa shape index (κ1) is 15.2. The third-order valence-corrected chi connectivity index (χ3v) is 2.78. The van der Waals surface area contributed by atoms with E-state index in [4.69, 9.17) is 4.74 Å². The van der Waals surface area contributed by atoms with Crippen molar-refractivity contribution in [2.75, 3.05) is 11.9 Å². The van der Waals surface area contributed by atoms with Gasteiger partial charge in [0.15, 0.2) is 0 Å². The molecule has 0 radical (unpaired) electrons. The maximum atomic E-state index is 11.9. The van der Waals surface area contributed by atoms with Crippen LogP contribution in [0.15, 0.2) is 24.3 Å². The van der Waals surface area contributed by atoms with Gasteiger partial charge < -0.3 is 10.1 Å². The molecule has 0 saturated heterocycles. The molecule has 104 valence electrons. The second-order valence-corrected chi connectivity index (χ2v) is 4.40. The molecule has 4 heteroatoms. The summed E-state index contributed by atoms with van der Waals surface area (Å²) in [5, 5.41) is 2.70. The van der Waals surface area contributed by atoms with E-state index in [2.05, 4.69) is 5.32 Å². The van der Waals surface area contributed by atoms with Crippen molar-refractivity contribution in [2.24, 2.45) is 0 Å². The molecule has 0 aromatic heterocycles. The molecule has 1 N–H and O–H groups in total. The van der Waals surface area contributed by atoms with Crippen molar-refractivity contribution in [3.05, 3.63) is 29.8 Å². The Bertz CT molecular complexity index is 426. The molecule has 19 heavy (non-hydrogen) atoms. The maximum absolute atomic E-state index is 11.9. The summed E-state index contributed by atoms with van der Waals surface area (Å²) in [4.78, 5) is 22.8. The zero-order valence-corrected chi connectivity index (χ0v) is 11.7. The largest absolute Gasteiger partial charge is 0.466 e. The molecule has 0 bridgehead atoms. The van der Waals surface area contributed by atoms with Crippen molar-refractivity contribution >= 4 is 17.6 Å². The molecule has 4 nitrogen and oxygen atoms in total. The predicted molar refractivity (Wildman–Crippen MR) is 75.0 cm³/mol. The molecule has 1 atom stereocenters. The number of hydrogen-bond acceptors (Lipinski definition) is 3. The highest BCUT2D eigenvalue weighted by Gasteiger charge is 2.20. The SMILES string of the molecule is CCCC(C(=O)OCC)c1ccc(NC(C)=O)cc1. The van der Waals surface area contributed by atoms with Crippen LogP contribution in [0.3, 0.4) is 0 Å². The lowest BCUT2D eigenvalue weighted by atomic mass is 9.94. The zero-order valence-electron chi connectivity index (χ0n) is 11.7. The van der Waals surface area contributed by atoms with Crippen LogP contribution in [-0.4, -0.2) is 18.5 Å². The number of ether oxygens (including phenoxy) is 1. The van der Waals surface area contributed by atoms with Gasteiger partial charge in [0.05, 0.1) is 12.5 Å². The molecule has 0 fully saturated rings. The highest BCUT2D eigenvalue weighted by Crippen LogP contribution is 2.24. The average Bonchev–Trinajstić information content (AvgIpc) is 2.36. The summed E-state index contributed by atoms with van der Waals surface area (Å²) in [5.41, 5.74) is 1.66. The number of benzene rings is 1. The number of amides is 1. The Morgan fingerprint density at radius 2 is 1.84 bits per heavy atom. The van der Waals surface area contributed by atoms with Crippen LogP contribution in [0.5, 0.6) is 0 Å². The van der Waals surface area contributed by atoms with Crippen LogP contribution in [-0.2, 0) is 14.3 Å². The minimum Gasteiger partial charge on any atom is -0.466 e.